The summed E-state index contributed by atoms with van der Waals surface area (Å²) < 4.78 is 40.7. The predicted molar refractivity (Wildman–Crippen MR) is 142 cm³/mol. The molecule has 3 aromatic carbocycles. The molecular formula is C30H31F2NO4. The van der Waals surface area contributed by atoms with Gasteiger partial charge >= 0.3 is 5.97 Å². The lowest BCUT2D eigenvalue weighted by atomic mass is 9.83. The average molecular weight is 508 g/mol. The number of benzene rings is 3. The molecule has 0 aliphatic carbocycles. The summed E-state index contributed by atoms with van der Waals surface area (Å²) in [7, 11) is 1.58. The molecule has 0 spiro atoms. The second-order valence-electron chi connectivity index (χ2n) is 9.98. The van der Waals surface area contributed by atoms with E-state index in [0.717, 1.165) is 17.4 Å². The summed E-state index contributed by atoms with van der Waals surface area (Å²) in [5, 5.41) is 12.0. The molecule has 37 heavy (non-hydrogen) atoms. The van der Waals surface area contributed by atoms with E-state index < -0.39 is 24.1 Å². The monoisotopic (exact) mass is 507 g/mol. The Hall–Kier alpha value is -3.58. The minimum Gasteiger partial charge on any atom is -0.496 e. The standard InChI is InChI=1S/C30H31F2NO4/c1-7-17-14-15-33-26-20(12-13-21(36-6)24(17)26)25-19-11-9-8-10-18(19)22(28(31)32)16(2)23(25)27(29(34)35)37-30(3,4)5/h8-15,27-28H,7H2,1-6H3,(H,34,35)/t27-/m0/s1. The highest BCUT2D eigenvalue weighted by molar-refractivity contribution is 6.09. The smallest absolute Gasteiger partial charge is 0.337 e. The number of pyridine rings is 1. The van der Waals surface area contributed by atoms with Gasteiger partial charge in [-0.2, -0.15) is 0 Å². The summed E-state index contributed by atoms with van der Waals surface area (Å²) in [6.45, 7) is 8.80. The number of methoxy groups -OCH3 is 1. The first-order chi connectivity index (χ1) is 17.5. The maximum absolute atomic E-state index is 14.5. The van der Waals surface area contributed by atoms with Gasteiger partial charge in [-0.05, 0) is 79.8 Å². The first-order valence-electron chi connectivity index (χ1n) is 12.2. The zero-order chi connectivity index (χ0) is 27.1. The van der Waals surface area contributed by atoms with Gasteiger partial charge in [0.05, 0.1) is 18.2 Å². The Kier molecular flexibility index (Phi) is 7.20. The zero-order valence-corrected chi connectivity index (χ0v) is 21.9. The number of ether oxygens (including phenoxy) is 2. The molecule has 0 aliphatic heterocycles. The van der Waals surface area contributed by atoms with Crippen molar-refractivity contribution in [1.29, 1.82) is 0 Å². The van der Waals surface area contributed by atoms with Crippen LogP contribution in [0.3, 0.4) is 0 Å². The van der Waals surface area contributed by atoms with E-state index in [-0.39, 0.29) is 16.7 Å². The van der Waals surface area contributed by atoms with Crippen LogP contribution in [0.5, 0.6) is 5.75 Å². The van der Waals surface area contributed by atoms with E-state index in [1.165, 1.54) is 0 Å². The molecule has 4 rings (SSSR count). The molecule has 194 valence electrons. The molecule has 1 heterocycles. The Bertz CT molecular complexity index is 1480. The Labute approximate surface area is 215 Å². The Morgan fingerprint density at radius 2 is 1.73 bits per heavy atom. The summed E-state index contributed by atoms with van der Waals surface area (Å²) in [6, 6.07) is 12.4. The number of fused-ring (bicyclic) bond motifs is 2. The van der Waals surface area contributed by atoms with Gasteiger partial charge in [-0.3, -0.25) is 4.98 Å². The number of carboxylic acids is 1. The topological polar surface area (TPSA) is 68.7 Å². The molecule has 0 radical (unpaired) electrons. The van der Waals surface area contributed by atoms with Crippen LogP contribution in [-0.2, 0) is 16.0 Å². The number of aromatic nitrogens is 1. The lowest BCUT2D eigenvalue weighted by Gasteiger charge is -2.30. The molecule has 1 aromatic heterocycles. The normalized spacial score (nSPS) is 12.9. The van der Waals surface area contributed by atoms with Crippen molar-refractivity contribution in [2.45, 2.75) is 59.2 Å². The van der Waals surface area contributed by atoms with Crippen LogP contribution in [0.25, 0.3) is 32.8 Å². The molecule has 5 nitrogen and oxygen atoms in total. The third-order valence-electron chi connectivity index (χ3n) is 6.55. The second-order valence-corrected chi connectivity index (χ2v) is 9.98. The maximum Gasteiger partial charge on any atom is 0.337 e. The van der Waals surface area contributed by atoms with E-state index in [9.17, 15) is 18.7 Å². The number of rotatable bonds is 7. The fourth-order valence-corrected chi connectivity index (χ4v) is 5.07. The number of hydrogen-bond donors (Lipinski definition) is 1. The minimum atomic E-state index is -2.81. The molecule has 1 N–H and O–H groups in total. The van der Waals surface area contributed by atoms with Gasteiger partial charge < -0.3 is 14.6 Å². The number of aryl methyl sites for hydroxylation is 1. The van der Waals surface area contributed by atoms with Crippen molar-refractivity contribution in [3.05, 3.63) is 70.9 Å². The third kappa shape index (κ3) is 4.76. The molecule has 0 fully saturated rings. The van der Waals surface area contributed by atoms with Crippen molar-refractivity contribution in [2.75, 3.05) is 7.11 Å². The van der Waals surface area contributed by atoms with Crippen LogP contribution in [0.15, 0.2) is 48.7 Å². The predicted octanol–water partition coefficient (Wildman–Crippen LogP) is 7.81. The van der Waals surface area contributed by atoms with Crippen LogP contribution in [0.1, 0.15) is 62.5 Å². The SMILES string of the molecule is CCc1ccnc2c(-c3c([C@H](OC(C)(C)C)C(=O)O)c(C)c(C(F)F)c4ccccc34)ccc(OC)c12. The second kappa shape index (κ2) is 10.1. The van der Waals surface area contributed by atoms with Crippen molar-refractivity contribution in [1.82, 2.24) is 4.98 Å². The molecular weight excluding hydrogens is 476 g/mol. The van der Waals surface area contributed by atoms with Gasteiger partial charge in [-0.15, -0.1) is 0 Å². The summed E-state index contributed by atoms with van der Waals surface area (Å²) >= 11 is 0. The summed E-state index contributed by atoms with van der Waals surface area (Å²) in [4.78, 5) is 17.3. The van der Waals surface area contributed by atoms with E-state index in [1.807, 2.05) is 25.1 Å². The average Bonchev–Trinajstić information content (AvgIpc) is 2.84. The number of hydrogen-bond acceptors (Lipinski definition) is 4. The highest BCUT2D eigenvalue weighted by Gasteiger charge is 2.35. The Morgan fingerprint density at radius 3 is 2.30 bits per heavy atom. The number of carboxylic acid groups (broad SMARTS) is 1. The van der Waals surface area contributed by atoms with E-state index in [2.05, 4.69) is 4.98 Å². The third-order valence-corrected chi connectivity index (χ3v) is 6.55. The molecule has 0 aliphatic rings. The molecule has 4 aromatic rings. The van der Waals surface area contributed by atoms with Gasteiger partial charge in [0.1, 0.15) is 5.75 Å². The lowest BCUT2D eigenvalue weighted by molar-refractivity contribution is -0.160. The summed E-state index contributed by atoms with van der Waals surface area (Å²) in [5.74, 6) is -0.619. The minimum absolute atomic E-state index is 0.191. The van der Waals surface area contributed by atoms with Crippen LogP contribution in [0, 0.1) is 6.92 Å². The first kappa shape index (κ1) is 26.5. The largest absolute Gasteiger partial charge is 0.496 e. The summed E-state index contributed by atoms with van der Waals surface area (Å²) in [5.41, 5.74) is 2.11. The van der Waals surface area contributed by atoms with Gasteiger partial charge in [0.15, 0.2) is 6.10 Å². The van der Waals surface area contributed by atoms with Gasteiger partial charge in [-0.25, -0.2) is 13.6 Å². The van der Waals surface area contributed by atoms with Crippen molar-refractivity contribution in [3.63, 3.8) is 0 Å². The molecule has 1 atom stereocenters. The zero-order valence-electron chi connectivity index (χ0n) is 21.9. The number of carbonyl (C=O) groups is 1. The molecule has 0 saturated heterocycles. The van der Waals surface area contributed by atoms with Crippen molar-refractivity contribution < 1.29 is 28.2 Å². The first-order valence-corrected chi connectivity index (χ1v) is 12.2. The molecule has 0 saturated carbocycles. The van der Waals surface area contributed by atoms with Crippen molar-refractivity contribution in [3.8, 4) is 16.9 Å². The van der Waals surface area contributed by atoms with Gasteiger partial charge in [-0.1, -0.05) is 31.2 Å². The molecule has 0 amide bonds. The fraction of sp³-hybridized carbons (Fsp3) is 0.333. The Balaban J connectivity index is 2.26. The van der Waals surface area contributed by atoms with Crippen LogP contribution in [-0.4, -0.2) is 28.8 Å². The van der Waals surface area contributed by atoms with Crippen LogP contribution in [0.2, 0.25) is 0 Å². The Morgan fingerprint density at radius 1 is 1.05 bits per heavy atom. The molecule has 0 unspecified atom stereocenters. The van der Waals surface area contributed by atoms with Crippen LogP contribution in [0.4, 0.5) is 8.78 Å². The number of alkyl halides is 2. The molecule has 7 heteroatoms. The maximum atomic E-state index is 14.5. The van der Waals surface area contributed by atoms with Gasteiger partial charge in [0.25, 0.3) is 6.43 Å². The van der Waals surface area contributed by atoms with Crippen LogP contribution < -0.4 is 4.74 Å². The number of nitrogens with zero attached hydrogens (tertiary/aromatic N) is 1. The fourth-order valence-electron chi connectivity index (χ4n) is 5.07. The van der Waals surface area contributed by atoms with E-state index >= 15 is 0 Å². The van der Waals surface area contributed by atoms with E-state index in [1.54, 1.807) is 65.3 Å². The lowest BCUT2D eigenvalue weighted by Crippen LogP contribution is -2.28. The van der Waals surface area contributed by atoms with Crippen molar-refractivity contribution >= 4 is 27.6 Å². The van der Waals surface area contributed by atoms with Gasteiger partial charge in [0, 0.05) is 28.3 Å². The highest BCUT2D eigenvalue weighted by atomic mass is 19.3. The quantitative estimate of drug-likeness (QED) is 0.276. The molecule has 0 bridgehead atoms. The summed E-state index contributed by atoms with van der Waals surface area (Å²) in [6.07, 6.45) is -1.87. The number of halogens is 2. The highest BCUT2D eigenvalue weighted by Crippen LogP contribution is 2.47. The van der Waals surface area contributed by atoms with Crippen molar-refractivity contribution in [2.24, 2.45) is 0 Å². The van der Waals surface area contributed by atoms with E-state index in [4.69, 9.17) is 9.47 Å². The van der Waals surface area contributed by atoms with E-state index in [0.29, 0.717) is 33.2 Å². The number of aliphatic carboxylic acids is 1. The van der Waals surface area contributed by atoms with Gasteiger partial charge in [0.2, 0.25) is 0 Å². The van der Waals surface area contributed by atoms with Crippen LogP contribution >= 0.6 is 0 Å².